The van der Waals surface area contributed by atoms with E-state index in [2.05, 4.69) is 27.3 Å². The van der Waals surface area contributed by atoms with Crippen LogP contribution in [0.5, 0.6) is 0 Å². The van der Waals surface area contributed by atoms with Crippen molar-refractivity contribution in [3.63, 3.8) is 0 Å². The molecule has 1 heterocycles. The van der Waals surface area contributed by atoms with Gasteiger partial charge in [0, 0.05) is 11.3 Å². The van der Waals surface area contributed by atoms with Crippen molar-refractivity contribution in [1.29, 1.82) is 0 Å². The lowest BCUT2D eigenvalue weighted by Gasteiger charge is -2.26. The minimum atomic E-state index is -3.83. The maximum absolute atomic E-state index is 12.7. The minimum Gasteiger partial charge on any atom is -0.360 e. The fourth-order valence-electron chi connectivity index (χ4n) is 3.90. The molecule has 30 heavy (non-hydrogen) atoms. The van der Waals surface area contributed by atoms with Crippen LogP contribution in [0.25, 0.3) is 0 Å². The molecule has 1 atom stereocenters. The van der Waals surface area contributed by atoms with Crippen molar-refractivity contribution in [2.24, 2.45) is 0 Å². The zero-order chi connectivity index (χ0) is 21.3. The van der Waals surface area contributed by atoms with E-state index in [9.17, 15) is 13.2 Å². The Morgan fingerprint density at radius 2 is 1.83 bits per heavy atom. The number of carbonyl (C=O) groups is 1. The second-order valence-electron chi connectivity index (χ2n) is 7.45. The van der Waals surface area contributed by atoms with Gasteiger partial charge in [-0.1, -0.05) is 29.4 Å². The largest absolute Gasteiger partial charge is 0.360 e. The molecule has 1 unspecified atom stereocenters. The molecule has 0 spiro atoms. The van der Waals surface area contributed by atoms with Crippen LogP contribution in [0.2, 0.25) is 0 Å². The summed E-state index contributed by atoms with van der Waals surface area (Å²) < 4.78 is 32.7. The summed E-state index contributed by atoms with van der Waals surface area (Å²) in [5.41, 5.74) is 3.57. The SMILES string of the molecule is Cc1noc(C)c1S(=O)(=O)Nc1ccc(C(=O)NC2CCCc3ccccc32)cc1. The lowest BCUT2D eigenvalue weighted by molar-refractivity contribution is 0.0933. The summed E-state index contributed by atoms with van der Waals surface area (Å²) in [6.45, 7) is 3.12. The number of amides is 1. The minimum absolute atomic E-state index is 0.0137. The first-order valence-electron chi connectivity index (χ1n) is 9.79. The highest BCUT2D eigenvalue weighted by Gasteiger charge is 2.25. The van der Waals surface area contributed by atoms with Crippen LogP contribution >= 0.6 is 0 Å². The normalized spacial score (nSPS) is 16.0. The van der Waals surface area contributed by atoms with Gasteiger partial charge in [0.25, 0.3) is 15.9 Å². The summed E-state index contributed by atoms with van der Waals surface area (Å²) in [6.07, 6.45) is 2.96. The van der Waals surface area contributed by atoms with Crippen LogP contribution in [0.1, 0.15) is 51.8 Å². The van der Waals surface area contributed by atoms with E-state index in [1.807, 2.05) is 12.1 Å². The monoisotopic (exact) mass is 425 g/mol. The van der Waals surface area contributed by atoms with Gasteiger partial charge in [-0.2, -0.15) is 0 Å². The van der Waals surface area contributed by atoms with Gasteiger partial charge in [0.2, 0.25) is 0 Å². The van der Waals surface area contributed by atoms with E-state index in [0.717, 1.165) is 19.3 Å². The Bertz CT molecular complexity index is 1160. The van der Waals surface area contributed by atoms with Crippen LogP contribution in [0.15, 0.2) is 57.9 Å². The van der Waals surface area contributed by atoms with Gasteiger partial charge in [0.1, 0.15) is 5.69 Å². The number of carbonyl (C=O) groups excluding carboxylic acids is 1. The number of rotatable bonds is 5. The van der Waals surface area contributed by atoms with Crippen molar-refractivity contribution in [2.75, 3.05) is 4.72 Å². The summed E-state index contributed by atoms with van der Waals surface area (Å²) in [6, 6.07) is 14.5. The van der Waals surface area contributed by atoms with Gasteiger partial charge in [0.15, 0.2) is 10.7 Å². The van der Waals surface area contributed by atoms with E-state index in [0.29, 0.717) is 16.9 Å². The summed E-state index contributed by atoms with van der Waals surface area (Å²) in [5, 5.41) is 6.78. The summed E-state index contributed by atoms with van der Waals surface area (Å²) in [4.78, 5) is 12.8. The third-order valence-corrected chi connectivity index (χ3v) is 6.94. The number of anilines is 1. The first kappa shape index (κ1) is 20.2. The molecule has 0 aliphatic heterocycles. The van der Waals surface area contributed by atoms with E-state index in [4.69, 9.17) is 4.52 Å². The number of hydrogen-bond donors (Lipinski definition) is 2. The Kier molecular flexibility index (Phi) is 5.34. The number of nitrogens with one attached hydrogen (secondary N) is 2. The Labute approximate surface area is 175 Å². The van der Waals surface area contributed by atoms with Crippen molar-refractivity contribution in [2.45, 2.75) is 44.0 Å². The van der Waals surface area contributed by atoms with Gasteiger partial charge in [-0.25, -0.2) is 8.42 Å². The number of aromatic nitrogens is 1. The molecule has 4 rings (SSSR count). The van der Waals surface area contributed by atoms with Gasteiger partial charge in [0.05, 0.1) is 6.04 Å². The van der Waals surface area contributed by atoms with Gasteiger partial charge < -0.3 is 9.84 Å². The molecule has 1 aromatic heterocycles. The molecule has 3 aromatic rings. The lowest BCUT2D eigenvalue weighted by Crippen LogP contribution is -2.30. The number of benzene rings is 2. The highest BCUT2D eigenvalue weighted by Crippen LogP contribution is 2.30. The zero-order valence-corrected chi connectivity index (χ0v) is 17.6. The average molecular weight is 426 g/mol. The maximum Gasteiger partial charge on any atom is 0.267 e. The van der Waals surface area contributed by atoms with Gasteiger partial charge in [-0.15, -0.1) is 0 Å². The van der Waals surface area contributed by atoms with Crippen LogP contribution in [0, 0.1) is 13.8 Å². The van der Waals surface area contributed by atoms with Crippen LogP contribution < -0.4 is 10.0 Å². The van der Waals surface area contributed by atoms with E-state index in [1.165, 1.54) is 11.1 Å². The molecule has 0 fully saturated rings. The molecule has 0 saturated heterocycles. The van der Waals surface area contributed by atoms with E-state index >= 15 is 0 Å². The molecule has 1 amide bonds. The summed E-state index contributed by atoms with van der Waals surface area (Å²) >= 11 is 0. The number of sulfonamides is 1. The molecule has 2 N–H and O–H groups in total. The molecule has 0 radical (unpaired) electrons. The molecule has 156 valence electrons. The zero-order valence-electron chi connectivity index (χ0n) is 16.8. The van der Waals surface area contributed by atoms with Crippen LogP contribution in [-0.4, -0.2) is 19.5 Å². The van der Waals surface area contributed by atoms with Gasteiger partial charge in [-0.3, -0.25) is 9.52 Å². The van der Waals surface area contributed by atoms with Gasteiger partial charge in [-0.05, 0) is 68.5 Å². The van der Waals surface area contributed by atoms with Crippen LogP contribution in [-0.2, 0) is 16.4 Å². The Morgan fingerprint density at radius 3 is 2.53 bits per heavy atom. The second kappa shape index (κ2) is 7.95. The van der Waals surface area contributed by atoms with Crippen molar-refractivity contribution in [3.05, 3.63) is 76.7 Å². The highest BCUT2D eigenvalue weighted by molar-refractivity contribution is 7.92. The molecule has 2 aromatic carbocycles. The molecule has 0 bridgehead atoms. The third-order valence-electron chi connectivity index (χ3n) is 5.31. The Hall–Kier alpha value is -3.13. The van der Waals surface area contributed by atoms with Crippen molar-refractivity contribution < 1.29 is 17.7 Å². The predicted molar refractivity (Wildman–Crippen MR) is 113 cm³/mol. The molecule has 7 nitrogen and oxygen atoms in total. The van der Waals surface area contributed by atoms with Gasteiger partial charge >= 0.3 is 0 Å². The van der Waals surface area contributed by atoms with Crippen molar-refractivity contribution >= 4 is 21.6 Å². The third kappa shape index (κ3) is 3.95. The first-order valence-corrected chi connectivity index (χ1v) is 11.3. The lowest BCUT2D eigenvalue weighted by atomic mass is 9.87. The number of fused-ring (bicyclic) bond motifs is 1. The fraction of sp³-hybridized carbons (Fsp3) is 0.273. The molecule has 0 saturated carbocycles. The molecule has 8 heteroatoms. The quantitative estimate of drug-likeness (QED) is 0.646. The average Bonchev–Trinajstić information content (AvgIpc) is 3.07. The standard InChI is InChI=1S/C22H23N3O4S/c1-14-21(15(2)29-24-14)30(27,28)25-18-12-10-17(11-13-18)22(26)23-20-9-5-7-16-6-3-4-8-19(16)20/h3-4,6,8,10-13,20,25H,5,7,9H2,1-2H3,(H,23,26). The van der Waals surface area contributed by atoms with Crippen LogP contribution in [0.3, 0.4) is 0 Å². The van der Waals surface area contributed by atoms with E-state index < -0.39 is 10.0 Å². The van der Waals surface area contributed by atoms with E-state index in [1.54, 1.807) is 38.1 Å². The number of nitrogens with zero attached hydrogens (tertiary/aromatic N) is 1. The highest BCUT2D eigenvalue weighted by atomic mass is 32.2. The molecular weight excluding hydrogens is 402 g/mol. The molecular formula is C22H23N3O4S. The fourth-order valence-corrected chi connectivity index (χ4v) is 5.29. The molecule has 1 aliphatic carbocycles. The Balaban J connectivity index is 1.47. The first-order chi connectivity index (χ1) is 14.3. The number of aryl methyl sites for hydroxylation is 3. The predicted octanol–water partition coefficient (Wildman–Crippen LogP) is 3.90. The van der Waals surface area contributed by atoms with Crippen LogP contribution in [0.4, 0.5) is 5.69 Å². The maximum atomic E-state index is 12.7. The molecule has 1 aliphatic rings. The van der Waals surface area contributed by atoms with Crippen molar-refractivity contribution in [1.82, 2.24) is 10.5 Å². The summed E-state index contributed by atoms with van der Waals surface area (Å²) in [7, 11) is -3.83. The smallest absolute Gasteiger partial charge is 0.267 e. The topological polar surface area (TPSA) is 101 Å². The number of hydrogen-bond acceptors (Lipinski definition) is 5. The Morgan fingerprint density at radius 1 is 1.10 bits per heavy atom. The van der Waals surface area contributed by atoms with E-state index in [-0.39, 0.29) is 22.6 Å². The second-order valence-corrected chi connectivity index (χ2v) is 9.07. The van der Waals surface area contributed by atoms with Crippen molar-refractivity contribution in [3.8, 4) is 0 Å². The summed E-state index contributed by atoms with van der Waals surface area (Å²) in [5.74, 6) is 0.0422.